The predicted octanol–water partition coefficient (Wildman–Crippen LogP) is 3.50. The largest absolute Gasteiger partial charge is 0.493 e. The molecule has 0 saturated carbocycles. The average Bonchev–Trinajstić information content (AvgIpc) is 2.55. The van der Waals surface area contributed by atoms with Crippen LogP contribution < -0.4 is 14.8 Å². The lowest BCUT2D eigenvalue weighted by molar-refractivity contribution is 0.352. The van der Waals surface area contributed by atoms with Crippen LogP contribution in [-0.4, -0.2) is 20.8 Å². The first-order valence-electron chi connectivity index (χ1n) is 7.28. The Hall–Kier alpha value is -2.00. The normalized spacial score (nSPS) is 20.7. The molecule has 0 fully saturated rings. The molecule has 2 aromatic rings. The van der Waals surface area contributed by atoms with E-state index < -0.39 is 0 Å². The first kappa shape index (κ1) is 14.0. The topological polar surface area (TPSA) is 30.5 Å². The fourth-order valence-electron chi connectivity index (χ4n) is 3.04. The van der Waals surface area contributed by atoms with Crippen LogP contribution in [0, 0.1) is 0 Å². The van der Waals surface area contributed by atoms with Crippen LogP contribution in [-0.2, 0) is 0 Å². The van der Waals surface area contributed by atoms with Crippen LogP contribution in [0.2, 0.25) is 0 Å². The lowest BCUT2D eigenvalue weighted by Gasteiger charge is -2.32. The Bertz CT molecular complexity index is 625. The number of rotatable bonds is 3. The summed E-state index contributed by atoms with van der Waals surface area (Å²) in [6.45, 7) is 3.20. The van der Waals surface area contributed by atoms with E-state index in [1.54, 1.807) is 14.2 Å². The van der Waals surface area contributed by atoms with Crippen molar-refractivity contribution in [3.05, 3.63) is 59.2 Å². The number of methoxy groups -OCH3 is 2. The summed E-state index contributed by atoms with van der Waals surface area (Å²) in [5, 5.41) is 3.63. The molecule has 0 bridgehead atoms. The molecular formula is C18H21NO2. The molecule has 0 amide bonds. The van der Waals surface area contributed by atoms with Gasteiger partial charge in [-0.3, -0.25) is 0 Å². The van der Waals surface area contributed by atoms with Crippen LogP contribution in [0.1, 0.15) is 35.6 Å². The lowest BCUT2D eigenvalue weighted by Crippen LogP contribution is -2.32. The molecule has 1 aliphatic heterocycles. The number of nitrogens with one attached hydrogen (secondary N) is 1. The van der Waals surface area contributed by atoms with Crippen LogP contribution in [0.15, 0.2) is 42.5 Å². The summed E-state index contributed by atoms with van der Waals surface area (Å²) in [5.41, 5.74) is 3.88. The average molecular weight is 283 g/mol. The highest BCUT2D eigenvalue weighted by atomic mass is 16.5. The molecule has 3 heteroatoms. The van der Waals surface area contributed by atoms with E-state index in [9.17, 15) is 0 Å². The second-order valence-electron chi connectivity index (χ2n) is 5.49. The smallest absolute Gasteiger partial charge is 0.161 e. The maximum atomic E-state index is 5.47. The highest BCUT2D eigenvalue weighted by Crippen LogP contribution is 2.40. The minimum Gasteiger partial charge on any atom is -0.493 e. The minimum absolute atomic E-state index is 0.206. The van der Waals surface area contributed by atoms with E-state index in [2.05, 4.69) is 48.6 Å². The third kappa shape index (κ3) is 2.49. The number of fused-ring (bicyclic) bond motifs is 1. The molecule has 110 valence electrons. The van der Waals surface area contributed by atoms with Crippen LogP contribution in [0.4, 0.5) is 0 Å². The highest BCUT2D eigenvalue weighted by Gasteiger charge is 2.27. The highest BCUT2D eigenvalue weighted by molar-refractivity contribution is 5.52. The number of ether oxygens (including phenoxy) is 2. The summed E-state index contributed by atoms with van der Waals surface area (Å²) < 4.78 is 10.9. The zero-order chi connectivity index (χ0) is 14.8. The van der Waals surface area contributed by atoms with Gasteiger partial charge < -0.3 is 14.8 Å². The summed E-state index contributed by atoms with van der Waals surface area (Å²) in [6, 6.07) is 15.0. The molecular weight excluding hydrogens is 262 g/mol. The fraction of sp³-hybridized carbons (Fsp3) is 0.333. The summed E-state index contributed by atoms with van der Waals surface area (Å²) in [7, 11) is 3.37. The van der Waals surface area contributed by atoms with Crippen molar-refractivity contribution in [2.24, 2.45) is 0 Å². The van der Waals surface area contributed by atoms with Gasteiger partial charge in [0, 0.05) is 6.54 Å². The second kappa shape index (κ2) is 5.78. The maximum absolute atomic E-state index is 5.47. The maximum Gasteiger partial charge on any atom is 0.161 e. The molecule has 0 aromatic heterocycles. The van der Waals surface area contributed by atoms with Gasteiger partial charge in [-0.15, -0.1) is 0 Å². The van der Waals surface area contributed by atoms with Crippen molar-refractivity contribution in [2.45, 2.75) is 18.9 Å². The quantitative estimate of drug-likeness (QED) is 0.935. The molecule has 2 atom stereocenters. The monoisotopic (exact) mass is 283 g/mol. The number of benzene rings is 2. The predicted molar refractivity (Wildman–Crippen MR) is 84.2 cm³/mol. The Balaban J connectivity index is 2.12. The Morgan fingerprint density at radius 1 is 0.952 bits per heavy atom. The van der Waals surface area contributed by atoms with Gasteiger partial charge in [-0.2, -0.15) is 0 Å². The molecule has 0 radical (unpaired) electrons. The van der Waals surface area contributed by atoms with Crippen molar-refractivity contribution < 1.29 is 9.47 Å². The van der Waals surface area contributed by atoms with Crippen molar-refractivity contribution in [1.29, 1.82) is 0 Å². The van der Waals surface area contributed by atoms with E-state index in [1.165, 1.54) is 16.7 Å². The Morgan fingerprint density at radius 3 is 2.19 bits per heavy atom. The zero-order valence-electron chi connectivity index (χ0n) is 12.7. The standard InChI is InChI=1S/C18H21NO2/c1-12-11-19-18(13-7-5-4-6-8-13)15-10-17(21-3)16(20-2)9-14(12)15/h4-10,12,18-19H,11H2,1-3H3/t12-,18+/m0/s1. The third-order valence-corrected chi connectivity index (χ3v) is 4.19. The van der Waals surface area contributed by atoms with Gasteiger partial charge in [0.15, 0.2) is 11.5 Å². The van der Waals surface area contributed by atoms with E-state index in [0.29, 0.717) is 5.92 Å². The molecule has 0 aliphatic carbocycles. The van der Waals surface area contributed by atoms with E-state index in [1.807, 2.05) is 6.07 Å². The van der Waals surface area contributed by atoms with Crippen LogP contribution in [0.25, 0.3) is 0 Å². The van der Waals surface area contributed by atoms with Crippen LogP contribution >= 0.6 is 0 Å². The molecule has 21 heavy (non-hydrogen) atoms. The van der Waals surface area contributed by atoms with Gasteiger partial charge in [-0.25, -0.2) is 0 Å². The van der Waals surface area contributed by atoms with Gasteiger partial charge in [0.2, 0.25) is 0 Å². The Morgan fingerprint density at radius 2 is 1.57 bits per heavy atom. The van der Waals surface area contributed by atoms with Gasteiger partial charge in [-0.1, -0.05) is 37.3 Å². The molecule has 0 unspecified atom stereocenters. The van der Waals surface area contributed by atoms with Crippen LogP contribution in [0.5, 0.6) is 11.5 Å². The molecule has 1 heterocycles. The summed E-state index contributed by atoms with van der Waals surface area (Å²) in [4.78, 5) is 0. The van der Waals surface area contributed by atoms with Gasteiger partial charge in [0.1, 0.15) is 0 Å². The first-order chi connectivity index (χ1) is 10.2. The van der Waals surface area contributed by atoms with Crippen molar-refractivity contribution in [1.82, 2.24) is 5.32 Å². The molecule has 0 saturated heterocycles. The SMILES string of the molecule is COc1cc2c(cc1OC)[C@@H](C)CN[C@@H]2c1ccccc1. The fourth-order valence-corrected chi connectivity index (χ4v) is 3.04. The molecule has 3 nitrogen and oxygen atoms in total. The van der Waals surface area contributed by atoms with Crippen molar-refractivity contribution in [2.75, 3.05) is 20.8 Å². The van der Waals surface area contributed by atoms with E-state index in [-0.39, 0.29) is 6.04 Å². The summed E-state index contributed by atoms with van der Waals surface area (Å²) >= 11 is 0. The lowest BCUT2D eigenvalue weighted by atomic mass is 9.84. The van der Waals surface area contributed by atoms with E-state index in [0.717, 1.165) is 18.0 Å². The van der Waals surface area contributed by atoms with Gasteiger partial charge in [0.25, 0.3) is 0 Å². The second-order valence-corrected chi connectivity index (χ2v) is 5.49. The van der Waals surface area contributed by atoms with E-state index in [4.69, 9.17) is 9.47 Å². The van der Waals surface area contributed by atoms with Gasteiger partial charge >= 0.3 is 0 Å². The Labute approximate surface area is 125 Å². The summed E-state index contributed by atoms with van der Waals surface area (Å²) in [5.74, 6) is 2.05. The van der Waals surface area contributed by atoms with Crippen molar-refractivity contribution in [3.63, 3.8) is 0 Å². The van der Waals surface area contributed by atoms with Crippen molar-refractivity contribution in [3.8, 4) is 11.5 Å². The number of hydrogen-bond acceptors (Lipinski definition) is 3. The molecule has 0 spiro atoms. The molecule has 3 rings (SSSR count). The molecule has 1 aliphatic rings. The van der Waals surface area contributed by atoms with Gasteiger partial charge in [0.05, 0.1) is 20.3 Å². The number of hydrogen-bond donors (Lipinski definition) is 1. The third-order valence-electron chi connectivity index (χ3n) is 4.19. The van der Waals surface area contributed by atoms with Crippen LogP contribution in [0.3, 0.4) is 0 Å². The summed E-state index contributed by atoms with van der Waals surface area (Å²) in [6.07, 6.45) is 0. The molecule has 2 aromatic carbocycles. The van der Waals surface area contributed by atoms with E-state index >= 15 is 0 Å². The Kier molecular flexibility index (Phi) is 3.84. The first-order valence-corrected chi connectivity index (χ1v) is 7.28. The molecule has 1 N–H and O–H groups in total. The zero-order valence-corrected chi connectivity index (χ0v) is 12.7. The van der Waals surface area contributed by atoms with Crippen molar-refractivity contribution >= 4 is 0 Å². The van der Waals surface area contributed by atoms with Gasteiger partial charge in [-0.05, 0) is 34.7 Å². The minimum atomic E-state index is 0.206.